The fourth-order valence-corrected chi connectivity index (χ4v) is 2.87. The Labute approximate surface area is 141 Å². The molecule has 1 aromatic rings. The quantitative estimate of drug-likeness (QED) is 0.766. The number of aryl methyl sites for hydroxylation is 1. The molecule has 0 aromatic heterocycles. The average Bonchev–Trinajstić information content (AvgIpc) is 2.68. The van der Waals surface area contributed by atoms with E-state index in [9.17, 15) is 9.59 Å². The molecule has 0 radical (unpaired) electrons. The summed E-state index contributed by atoms with van der Waals surface area (Å²) in [5, 5.41) is 5.78. The van der Waals surface area contributed by atoms with Crippen molar-refractivity contribution in [1.82, 2.24) is 0 Å². The van der Waals surface area contributed by atoms with Crippen LogP contribution in [0.15, 0.2) is 18.2 Å². The number of nitrogens with one attached hydrogen (secondary N) is 2. The maximum atomic E-state index is 12.4. The molecule has 4 N–H and O–H groups in total. The summed E-state index contributed by atoms with van der Waals surface area (Å²) >= 11 is 0. The molecular formula is C16H22ClN3O3. The second-order valence-electron chi connectivity index (χ2n) is 6.00. The second kappa shape index (κ2) is 7.29. The van der Waals surface area contributed by atoms with Gasteiger partial charge in [-0.05, 0) is 49.4 Å². The van der Waals surface area contributed by atoms with E-state index in [1.165, 1.54) is 0 Å². The van der Waals surface area contributed by atoms with Gasteiger partial charge in [0.2, 0.25) is 11.8 Å². The van der Waals surface area contributed by atoms with Gasteiger partial charge in [0.1, 0.15) is 5.54 Å². The number of rotatable bonds is 2. The maximum Gasteiger partial charge on any atom is 0.244 e. The van der Waals surface area contributed by atoms with E-state index >= 15 is 0 Å². The number of amides is 2. The highest BCUT2D eigenvalue weighted by molar-refractivity contribution is 5.99. The monoisotopic (exact) mass is 339 g/mol. The molecule has 6 nitrogen and oxygen atoms in total. The van der Waals surface area contributed by atoms with Crippen molar-refractivity contribution in [3.8, 4) is 0 Å². The fourth-order valence-electron chi connectivity index (χ4n) is 2.87. The Morgan fingerprint density at radius 3 is 2.74 bits per heavy atom. The molecule has 2 amide bonds. The topological polar surface area (TPSA) is 93.5 Å². The van der Waals surface area contributed by atoms with Crippen molar-refractivity contribution in [3.63, 3.8) is 0 Å². The van der Waals surface area contributed by atoms with Gasteiger partial charge in [0.15, 0.2) is 0 Å². The molecule has 126 valence electrons. The second-order valence-corrected chi connectivity index (χ2v) is 6.00. The van der Waals surface area contributed by atoms with Gasteiger partial charge in [0.25, 0.3) is 0 Å². The Morgan fingerprint density at radius 1 is 1.26 bits per heavy atom. The molecule has 23 heavy (non-hydrogen) atoms. The van der Waals surface area contributed by atoms with Gasteiger partial charge in [0.05, 0.1) is 0 Å². The van der Waals surface area contributed by atoms with Crippen molar-refractivity contribution in [2.45, 2.75) is 37.6 Å². The number of ether oxygens (including phenoxy) is 1. The van der Waals surface area contributed by atoms with Crippen LogP contribution in [0.5, 0.6) is 0 Å². The Balaban J connectivity index is 0.00000192. The zero-order valence-corrected chi connectivity index (χ0v) is 13.7. The van der Waals surface area contributed by atoms with Crippen molar-refractivity contribution in [2.75, 3.05) is 23.8 Å². The number of hydrogen-bond acceptors (Lipinski definition) is 4. The van der Waals surface area contributed by atoms with Gasteiger partial charge in [-0.2, -0.15) is 0 Å². The highest BCUT2D eigenvalue weighted by atomic mass is 35.5. The van der Waals surface area contributed by atoms with Gasteiger partial charge in [-0.15, -0.1) is 12.4 Å². The summed E-state index contributed by atoms with van der Waals surface area (Å²) in [6.07, 6.45) is 3.22. The van der Waals surface area contributed by atoms with E-state index in [0.717, 1.165) is 29.8 Å². The summed E-state index contributed by atoms with van der Waals surface area (Å²) in [5.41, 5.74) is 7.91. The zero-order valence-electron chi connectivity index (χ0n) is 12.9. The van der Waals surface area contributed by atoms with Crippen LogP contribution in [0.3, 0.4) is 0 Å². The van der Waals surface area contributed by atoms with Crippen LogP contribution in [-0.2, 0) is 20.7 Å². The van der Waals surface area contributed by atoms with Crippen LogP contribution in [0.1, 0.15) is 31.2 Å². The first-order valence-electron chi connectivity index (χ1n) is 7.68. The molecular weight excluding hydrogens is 318 g/mol. The number of carbonyl (C=O) groups excluding carboxylic acids is 2. The number of halogens is 1. The Bertz CT molecular complexity index is 600. The van der Waals surface area contributed by atoms with E-state index in [0.29, 0.717) is 32.5 Å². The molecule has 1 fully saturated rings. The lowest BCUT2D eigenvalue weighted by Crippen LogP contribution is -2.54. The third-order valence-electron chi connectivity index (χ3n) is 4.32. The summed E-state index contributed by atoms with van der Waals surface area (Å²) in [5.74, 6) is -0.132. The van der Waals surface area contributed by atoms with Gasteiger partial charge in [-0.3, -0.25) is 9.59 Å². The van der Waals surface area contributed by atoms with Gasteiger partial charge in [-0.25, -0.2) is 0 Å². The molecule has 7 heteroatoms. The van der Waals surface area contributed by atoms with Crippen molar-refractivity contribution in [1.29, 1.82) is 0 Å². The van der Waals surface area contributed by atoms with E-state index < -0.39 is 5.54 Å². The minimum atomic E-state index is -0.862. The lowest BCUT2D eigenvalue weighted by molar-refractivity contribution is -0.124. The molecule has 3 rings (SSSR count). The first kappa shape index (κ1) is 17.7. The van der Waals surface area contributed by atoms with Gasteiger partial charge in [-0.1, -0.05) is 0 Å². The summed E-state index contributed by atoms with van der Waals surface area (Å²) in [7, 11) is 0. The third kappa shape index (κ3) is 4.02. The van der Waals surface area contributed by atoms with E-state index in [1.54, 1.807) is 6.07 Å². The van der Waals surface area contributed by atoms with Crippen LogP contribution in [0.4, 0.5) is 11.4 Å². The Morgan fingerprint density at radius 2 is 2.00 bits per heavy atom. The van der Waals surface area contributed by atoms with Crippen molar-refractivity contribution < 1.29 is 14.3 Å². The standard InChI is InChI=1S/C16H21N3O3.ClH/c17-16(6-8-22-9-7-16)15(21)18-12-4-5-13-11(10-12)2-1-3-14(20)19-13;/h4-5,10H,1-3,6-9,17H2,(H,18,21)(H,19,20);1H. The summed E-state index contributed by atoms with van der Waals surface area (Å²) in [4.78, 5) is 24.0. The van der Waals surface area contributed by atoms with Crippen LogP contribution in [0.25, 0.3) is 0 Å². The molecule has 0 unspecified atom stereocenters. The molecule has 0 atom stereocenters. The average molecular weight is 340 g/mol. The number of nitrogens with two attached hydrogens (primary N) is 1. The highest BCUT2D eigenvalue weighted by Crippen LogP contribution is 2.26. The molecule has 1 saturated heterocycles. The number of anilines is 2. The van der Waals surface area contributed by atoms with Gasteiger partial charge < -0.3 is 21.1 Å². The smallest absolute Gasteiger partial charge is 0.244 e. The number of carbonyl (C=O) groups is 2. The van der Waals surface area contributed by atoms with E-state index in [1.807, 2.05) is 12.1 Å². The largest absolute Gasteiger partial charge is 0.381 e. The zero-order chi connectivity index (χ0) is 15.6. The maximum absolute atomic E-state index is 12.4. The van der Waals surface area contributed by atoms with Crippen molar-refractivity contribution >= 4 is 35.6 Å². The summed E-state index contributed by atoms with van der Waals surface area (Å²) in [6.45, 7) is 1.03. The highest BCUT2D eigenvalue weighted by Gasteiger charge is 2.36. The number of fused-ring (bicyclic) bond motifs is 1. The van der Waals surface area contributed by atoms with E-state index in [-0.39, 0.29) is 24.2 Å². The minimum absolute atomic E-state index is 0. The third-order valence-corrected chi connectivity index (χ3v) is 4.32. The first-order valence-corrected chi connectivity index (χ1v) is 7.68. The van der Waals surface area contributed by atoms with Crippen LogP contribution in [0, 0.1) is 0 Å². The van der Waals surface area contributed by atoms with Gasteiger partial charge >= 0.3 is 0 Å². The fraction of sp³-hybridized carbons (Fsp3) is 0.500. The van der Waals surface area contributed by atoms with Crippen molar-refractivity contribution in [2.24, 2.45) is 5.73 Å². The van der Waals surface area contributed by atoms with Gasteiger partial charge in [0, 0.05) is 31.0 Å². The molecule has 2 aliphatic rings. The summed E-state index contributed by atoms with van der Waals surface area (Å²) in [6, 6.07) is 5.55. The molecule has 0 spiro atoms. The van der Waals surface area contributed by atoms with E-state index in [4.69, 9.17) is 10.5 Å². The molecule has 0 aliphatic carbocycles. The van der Waals surface area contributed by atoms with E-state index in [2.05, 4.69) is 10.6 Å². The SMILES string of the molecule is Cl.NC1(C(=O)Nc2ccc3c(c2)CCCC(=O)N3)CCOCC1. The lowest BCUT2D eigenvalue weighted by atomic mass is 9.90. The summed E-state index contributed by atoms with van der Waals surface area (Å²) < 4.78 is 5.26. The Hall–Kier alpha value is -1.63. The molecule has 2 aliphatic heterocycles. The lowest BCUT2D eigenvalue weighted by Gasteiger charge is -2.31. The Kier molecular flexibility index (Phi) is 5.62. The van der Waals surface area contributed by atoms with Crippen LogP contribution in [0.2, 0.25) is 0 Å². The number of benzene rings is 1. The number of hydrogen-bond donors (Lipinski definition) is 3. The molecule has 1 aromatic carbocycles. The first-order chi connectivity index (χ1) is 10.6. The predicted octanol–water partition coefficient (Wildman–Crippen LogP) is 1.83. The van der Waals surface area contributed by atoms with Crippen molar-refractivity contribution in [3.05, 3.63) is 23.8 Å². The minimum Gasteiger partial charge on any atom is -0.381 e. The van der Waals surface area contributed by atoms with Crippen LogP contribution >= 0.6 is 12.4 Å². The van der Waals surface area contributed by atoms with Crippen LogP contribution < -0.4 is 16.4 Å². The molecule has 0 bridgehead atoms. The molecule has 2 heterocycles. The normalized spacial score (nSPS) is 19.6. The van der Waals surface area contributed by atoms with Crippen LogP contribution in [-0.4, -0.2) is 30.6 Å². The molecule has 0 saturated carbocycles. The predicted molar refractivity (Wildman–Crippen MR) is 90.9 cm³/mol.